The van der Waals surface area contributed by atoms with Crippen LogP contribution in [-0.4, -0.2) is 37.0 Å². The van der Waals surface area contributed by atoms with Crippen LogP contribution in [0.25, 0.3) is 0 Å². The van der Waals surface area contributed by atoms with Crippen molar-refractivity contribution < 1.29 is 0 Å². The van der Waals surface area contributed by atoms with Crippen LogP contribution < -0.4 is 5.73 Å². The summed E-state index contributed by atoms with van der Waals surface area (Å²) in [7, 11) is 2.16. The second-order valence-electron chi connectivity index (χ2n) is 3.67. The van der Waals surface area contributed by atoms with E-state index in [9.17, 15) is 0 Å². The summed E-state index contributed by atoms with van der Waals surface area (Å²) in [5.41, 5.74) is 5.84. The first kappa shape index (κ1) is 13.0. The van der Waals surface area contributed by atoms with Crippen LogP contribution in [0.4, 0.5) is 0 Å². The minimum absolute atomic E-state index is 0.385. The number of thioether (sulfide) groups is 1. The molecule has 4 heteroatoms. The lowest BCUT2D eigenvalue weighted by Gasteiger charge is -2.25. The largest absolute Gasteiger partial charge is 0.329 e. The van der Waals surface area contributed by atoms with Crippen LogP contribution in [0.2, 0.25) is 0 Å². The summed E-state index contributed by atoms with van der Waals surface area (Å²) < 4.78 is 0. The Morgan fingerprint density at radius 3 is 2.73 bits per heavy atom. The molecular formula is C11H20N2S2. The molecule has 86 valence electrons. The fourth-order valence-corrected chi connectivity index (χ4v) is 3.06. The molecule has 0 amide bonds. The summed E-state index contributed by atoms with van der Waals surface area (Å²) in [4.78, 5) is 5.10. The van der Waals surface area contributed by atoms with Crippen LogP contribution >= 0.6 is 23.1 Å². The molecule has 1 aromatic rings. The molecule has 0 fully saturated rings. The van der Waals surface area contributed by atoms with Gasteiger partial charge in [-0.2, -0.15) is 11.8 Å². The van der Waals surface area contributed by atoms with Crippen LogP contribution in [0, 0.1) is 6.92 Å². The van der Waals surface area contributed by atoms with Gasteiger partial charge in [0.15, 0.2) is 0 Å². The zero-order chi connectivity index (χ0) is 11.3. The van der Waals surface area contributed by atoms with Gasteiger partial charge in [-0.3, -0.25) is 4.90 Å². The molecule has 1 unspecified atom stereocenters. The van der Waals surface area contributed by atoms with Gasteiger partial charge in [-0.1, -0.05) is 0 Å². The molecule has 0 bridgehead atoms. The lowest BCUT2D eigenvalue weighted by Crippen LogP contribution is -2.31. The van der Waals surface area contributed by atoms with E-state index >= 15 is 0 Å². The Labute approximate surface area is 101 Å². The molecule has 0 saturated heterocycles. The molecule has 0 aliphatic carbocycles. The first-order valence-corrected chi connectivity index (χ1v) is 7.35. The van der Waals surface area contributed by atoms with Crippen molar-refractivity contribution in [2.45, 2.75) is 13.0 Å². The van der Waals surface area contributed by atoms with Gasteiger partial charge in [-0.25, -0.2) is 0 Å². The Balaban J connectivity index is 2.62. The van der Waals surface area contributed by atoms with Gasteiger partial charge >= 0.3 is 0 Å². The Bertz CT molecular complexity index is 286. The van der Waals surface area contributed by atoms with Gasteiger partial charge in [0.05, 0.1) is 6.04 Å². The van der Waals surface area contributed by atoms with Crippen molar-refractivity contribution >= 4 is 23.1 Å². The fourth-order valence-electron chi connectivity index (χ4n) is 1.54. The summed E-state index contributed by atoms with van der Waals surface area (Å²) in [5, 5.41) is 0. The topological polar surface area (TPSA) is 29.3 Å². The highest BCUT2D eigenvalue weighted by molar-refractivity contribution is 7.98. The van der Waals surface area contributed by atoms with Crippen LogP contribution in [-0.2, 0) is 0 Å². The summed E-state index contributed by atoms with van der Waals surface area (Å²) >= 11 is 3.73. The Morgan fingerprint density at radius 1 is 1.53 bits per heavy atom. The van der Waals surface area contributed by atoms with E-state index in [1.807, 2.05) is 23.1 Å². The second kappa shape index (κ2) is 6.53. The fraction of sp³-hybridized carbons (Fsp3) is 0.636. The van der Waals surface area contributed by atoms with E-state index in [4.69, 9.17) is 5.73 Å². The van der Waals surface area contributed by atoms with E-state index in [0.29, 0.717) is 12.6 Å². The quantitative estimate of drug-likeness (QED) is 0.833. The van der Waals surface area contributed by atoms with E-state index in [2.05, 4.69) is 37.3 Å². The van der Waals surface area contributed by atoms with E-state index in [1.165, 1.54) is 9.75 Å². The van der Waals surface area contributed by atoms with Crippen molar-refractivity contribution in [1.82, 2.24) is 4.90 Å². The van der Waals surface area contributed by atoms with E-state index < -0.39 is 0 Å². The lowest BCUT2D eigenvalue weighted by molar-refractivity contribution is 0.269. The summed E-state index contributed by atoms with van der Waals surface area (Å²) in [6.45, 7) is 3.94. The molecule has 0 aliphatic rings. The normalized spacial score (nSPS) is 13.4. The number of nitrogens with zero attached hydrogens (tertiary/aromatic N) is 1. The zero-order valence-corrected chi connectivity index (χ0v) is 11.3. The molecule has 15 heavy (non-hydrogen) atoms. The maximum atomic E-state index is 5.84. The summed E-state index contributed by atoms with van der Waals surface area (Å²) in [6, 6.07) is 4.76. The number of aryl methyl sites for hydroxylation is 1. The molecule has 1 atom stereocenters. The number of rotatable bonds is 6. The van der Waals surface area contributed by atoms with Gasteiger partial charge in [-0.05, 0) is 32.4 Å². The Morgan fingerprint density at radius 2 is 2.27 bits per heavy atom. The molecule has 0 aliphatic heterocycles. The second-order valence-corrected chi connectivity index (χ2v) is 5.98. The van der Waals surface area contributed by atoms with Crippen LogP contribution in [0.3, 0.4) is 0 Å². The number of hydrogen-bond donors (Lipinski definition) is 1. The van der Waals surface area contributed by atoms with Crippen molar-refractivity contribution in [3.63, 3.8) is 0 Å². The first-order chi connectivity index (χ1) is 7.19. The highest BCUT2D eigenvalue weighted by Gasteiger charge is 2.16. The predicted octanol–water partition coefficient (Wildman–Crippen LogP) is 2.35. The smallest absolute Gasteiger partial charge is 0.0562 e. The average Bonchev–Trinajstić information content (AvgIpc) is 2.63. The van der Waals surface area contributed by atoms with Gasteiger partial charge < -0.3 is 5.73 Å². The minimum atomic E-state index is 0.385. The van der Waals surface area contributed by atoms with Crippen molar-refractivity contribution in [2.75, 3.05) is 32.1 Å². The van der Waals surface area contributed by atoms with Crippen LogP contribution in [0.5, 0.6) is 0 Å². The standard InChI is InChI=1S/C11H20N2S2/c1-9-4-5-11(15-9)10(8-12)13(2)6-7-14-3/h4-5,10H,6-8,12H2,1-3H3. The number of likely N-dealkylation sites (N-methyl/N-ethyl adjacent to an activating group) is 1. The van der Waals surface area contributed by atoms with Crippen molar-refractivity contribution in [1.29, 1.82) is 0 Å². The average molecular weight is 244 g/mol. The maximum Gasteiger partial charge on any atom is 0.0562 e. The van der Waals surface area contributed by atoms with Crippen molar-refractivity contribution in [3.8, 4) is 0 Å². The number of nitrogens with two attached hydrogens (primary N) is 1. The zero-order valence-electron chi connectivity index (χ0n) is 9.69. The highest BCUT2D eigenvalue weighted by atomic mass is 32.2. The Kier molecular flexibility index (Phi) is 5.68. The molecular weight excluding hydrogens is 224 g/mol. The SMILES string of the molecule is CSCCN(C)C(CN)c1ccc(C)s1. The first-order valence-electron chi connectivity index (χ1n) is 5.14. The third-order valence-corrected chi connectivity index (χ3v) is 4.19. The molecule has 0 spiro atoms. The van der Waals surface area contributed by atoms with Crippen molar-refractivity contribution in [2.24, 2.45) is 5.73 Å². The maximum absolute atomic E-state index is 5.84. The molecule has 1 aromatic heterocycles. The third-order valence-electron chi connectivity index (χ3n) is 2.49. The number of hydrogen-bond acceptors (Lipinski definition) is 4. The van der Waals surface area contributed by atoms with Gasteiger partial charge in [0, 0.05) is 28.6 Å². The minimum Gasteiger partial charge on any atom is -0.329 e. The molecule has 1 rings (SSSR count). The van der Waals surface area contributed by atoms with E-state index in [1.54, 1.807) is 0 Å². The molecule has 2 N–H and O–H groups in total. The van der Waals surface area contributed by atoms with Gasteiger partial charge in [0.1, 0.15) is 0 Å². The molecule has 2 nitrogen and oxygen atoms in total. The predicted molar refractivity (Wildman–Crippen MR) is 71.9 cm³/mol. The van der Waals surface area contributed by atoms with Crippen LogP contribution in [0.1, 0.15) is 15.8 Å². The van der Waals surface area contributed by atoms with Crippen molar-refractivity contribution in [3.05, 3.63) is 21.9 Å². The van der Waals surface area contributed by atoms with E-state index in [-0.39, 0.29) is 0 Å². The highest BCUT2D eigenvalue weighted by Crippen LogP contribution is 2.25. The van der Waals surface area contributed by atoms with Gasteiger partial charge in [0.2, 0.25) is 0 Å². The van der Waals surface area contributed by atoms with Gasteiger partial charge in [-0.15, -0.1) is 11.3 Å². The summed E-state index contributed by atoms with van der Waals surface area (Å²) in [6.07, 6.45) is 2.14. The monoisotopic (exact) mass is 244 g/mol. The van der Waals surface area contributed by atoms with E-state index in [0.717, 1.165) is 12.3 Å². The lowest BCUT2D eigenvalue weighted by atomic mass is 10.2. The number of thiophene rings is 1. The third kappa shape index (κ3) is 3.79. The van der Waals surface area contributed by atoms with Gasteiger partial charge in [0.25, 0.3) is 0 Å². The molecule has 0 aromatic carbocycles. The Hall–Kier alpha value is -0.0300. The summed E-state index contributed by atoms with van der Waals surface area (Å²) in [5.74, 6) is 1.16. The molecule has 1 heterocycles. The van der Waals surface area contributed by atoms with Crippen LogP contribution in [0.15, 0.2) is 12.1 Å². The molecule has 0 saturated carbocycles. The molecule has 0 radical (unpaired) electrons.